The van der Waals surface area contributed by atoms with Crippen LogP contribution < -0.4 is 0 Å². The van der Waals surface area contributed by atoms with Gasteiger partial charge in [0.2, 0.25) is 0 Å². The molecule has 0 aromatic heterocycles. The summed E-state index contributed by atoms with van der Waals surface area (Å²) in [6, 6.07) is 0. The lowest BCUT2D eigenvalue weighted by Gasteiger charge is -2.40. The Morgan fingerprint density at radius 1 is 1.43 bits per heavy atom. The van der Waals surface area contributed by atoms with Gasteiger partial charge in [-0.2, -0.15) is 0 Å². The SMILES string of the molecule is C=C1CC(C)(C)C(C2CCC2)=CC1=O. The number of allylic oxidation sites excluding steroid dienone is 3. The lowest BCUT2D eigenvalue weighted by Crippen LogP contribution is -2.30. The summed E-state index contributed by atoms with van der Waals surface area (Å²) in [4.78, 5) is 11.6. The van der Waals surface area contributed by atoms with Crippen molar-refractivity contribution in [1.82, 2.24) is 0 Å². The smallest absolute Gasteiger partial charge is 0.181 e. The molecule has 0 radical (unpaired) electrons. The predicted molar refractivity (Wildman–Crippen MR) is 58.0 cm³/mol. The van der Waals surface area contributed by atoms with E-state index in [0.717, 1.165) is 12.0 Å². The zero-order valence-electron chi connectivity index (χ0n) is 9.10. The largest absolute Gasteiger partial charge is 0.290 e. The van der Waals surface area contributed by atoms with Crippen molar-refractivity contribution in [3.05, 3.63) is 23.8 Å². The quantitative estimate of drug-likeness (QED) is 0.580. The van der Waals surface area contributed by atoms with Crippen LogP contribution in [0.15, 0.2) is 23.8 Å². The Labute approximate surface area is 85.9 Å². The molecule has 76 valence electrons. The monoisotopic (exact) mass is 190 g/mol. The van der Waals surface area contributed by atoms with Gasteiger partial charge in [-0.15, -0.1) is 0 Å². The van der Waals surface area contributed by atoms with E-state index in [1.165, 1.54) is 24.8 Å². The van der Waals surface area contributed by atoms with Crippen LogP contribution in [0.5, 0.6) is 0 Å². The van der Waals surface area contributed by atoms with E-state index in [1.54, 1.807) is 0 Å². The van der Waals surface area contributed by atoms with Gasteiger partial charge in [0.1, 0.15) is 0 Å². The van der Waals surface area contributed by atoms with E-state index in [4.69, 9.17) is 0 Å². The second-order valence-corrected chi connectivity index (χ2v) is 5.26. The highest BCUT2D eigenvalue weighted by atomic mass is 16.1. The maximum Gasteiger partial charge on any atom is 0.181 e. The van der Waals surface area contributed by atoms with Crippen LogP contribution in [0, 0.1) is 11.3 Å². The van der Waals surface area contributed by atoms with Crippen molar-refractivity contribution in [2.75, 3.05) is 0 Å². The lowest BCUT2D eigenvalue weighted by molar-refractivity contribution is -0.112. The predicted octanol–water partition coefficient (Wildman–Crippen LogP) is 3.27. The van der Waals surface area contributed by atoms with E-state index in [-0.39, 0.29) is 11.2 Å². The minimum atomic E-state index is 0.159. The van der Waals surface area contributed by atoms with Crippen LogP contribution in [0.1, 0.15) is 39.5 Å². The van der Waals surface area contributed by atoms with Crippen LogP contribution >= 0.6 is 0 Å². The van der Waals surface area contributed by atoms with Gasteiger partial charge in [-0.05, 0) is 42.2 Å². The van der Waals surface area contributed by atoms with E-state index in [9.17, 15) is 4.79 Å². The minimum Gasteiger partial charge on any atom is -0.290 e. The van der Waals surface area contributed by atoms with Gasteiger partial charge in [0, 0.05) is 0 Å². The summed E-state index contributed by atoms with van der Waals surface area (Å²) in [6.07, 6.45) is 6.57. The van der Waals surface area contributed by atoms with Crippen molar-refractivity contribution in [2.24, 2.45) is 11.3 Å². The molecule has 1 fully saturated rings. The third-order valence-electron chi connectivity index (χ3n) is 3.62. The Kier molecular flexibility index (Phi) is 2.13. The molecule has 14 heavy (non-hydrogen) atoms. The lowest BCUT2D eigenvalue weighted by atomic mass is 9.64. The Morgan fingerprint density at radius 2 is 2.07 bits per heavy atom. The standard InChI is InChI=1S/C13H18O/c1-9-8-13(2,3)11(7-12(9)14)10-5-4-6-10/h7,10H,1,4-6,8H2,2-3H3. The van der Waals surface area contributed by atoms with E-state index in [2.05, 4.69) is 20.4 Å². The van der Waals surface area contributed by atoms with Crippen molar-refractivity contribution in [3.63, 3.8) is 0 Å². The molecular formula is C13H18O. The first kappa shape index (κ1) is 9.70. The first-order chi connectivity index (χ1) is 6.50. The Hall–Kier alpha value is -0.850. The molecule has 1 heteroatoms. The summed E-state index contributed by atoms with van der Waals surface area (Å²) in [6.45, 7) is 8.30. The number of carbonyl (C=O) groups excluding carboxylic acids is 1. The van der Waals surface area contributed by atoms with E-state index >= 15 is 0 Å². The average molecular weight is 190 g/mol. The number of ketones is 1. The van der Waals surface area contributed by atoms with Crippen molar-refractivity contribution >= 4 is 5.78 Å². The van der Waals surface area contributed by atoms with Gasteiger partial charge in [-0.1, -0.05) is 32.4 Å². The highest BCUT2D eigenvalue weighted by Gasteiger charge is 2.36. The summed E-state index contributed by atoms with van der Waals surface area (Å²) >= 11 is 0. The summed E-state index contributed by atoms with van der Waals surface area (Å²) in [5, 5.41) is 0. The van der Waals surface area contributed by atoms with Gasteiger partial charge in [0.25, 0.3) is 0 Å². The van der Waals surface area contributed by atoms with Crippen molar-refractivity contribution in [3.8, 4) is 0 Å². The summed E-state index contributed by atoms with van der Waals surface area (Å²) in [7, 11) is 0. The summed E-state index contributed by atoms with van der Waals surface area (Å²) < 4.78 is 0. The molecule has 0 unspecified atom stereocenters. The number of carbonyl (C=O) groups is 1. The molecule has 0 aromatic rings. The highest BCUT2D eigenvalue weighted by molar-refractivity contribution is 6.05. The number of hydrogen-bond donors (Lipinski definition) is 0. The number of hydrogen-bond acceptors (Lipinski definition) is 1. The van der Waals surface area contributed by atoms with Crippen LogP contribution in [-0.4, -0.2) is 5.78 Å². The fourth-order valence-electron chi connectivity index (χ4n) is 2.55. The van der Waals surface area contributed by atoms with Gasteiger partial charge in [-0.25, -0.2) is 0 Å². The normalized spacial score (nSPS) is 27.1. The molecule has 0 N–H and O–H groups in total. The molecule has 0 atom stereocenters. The van der Waals surface area contributed by atoms with Gasteiger partial charge in [0.05, 0.1) is 0 Å². The fourth-order valence-corrected chi connectivity index (χ4v) is 2.55. The van der Waals surface area contributed by atoms with Gasteiger partial charge < -0.3 is 0 Å². The Balaban J connectivity index is 2.31. The maximum atomic E-state index is 11.6. The molecule has 1 nitrogen and oxygen atoms in total. The van der Waals surface area contributed by atoms with Crippen molar-refractivity contribution < 1.29 is 4.79 Å². The van der Waals surface area contributed by atoms with Crippen LogP contribution in [-0.2, 0) is 4.79 Å². The van der Waals surface area contributed by atoms with E-state index in [1.807, 2.05) is 6.08 Å². The zero-order valence-corrected chi connectivity index (χ0v) is 9.10. The topological polar surface area (TPSA) is 17.1 Å². The molecule has 2 aliphatic rings. The molecule has 0 amide bonds. The van der Waals surface area contributed by atoms with E-state index in [0.29, 0.717) is 5.92 Å². The van der Waals surface area contributed by atoms with Crippen molar-refractivity contribution in [2.45, 2.75) is 39.5 Å². The number of rotatable bonds is 1. The summed E-state index contributed by atoms with van der Waals surface area (Å²) in [5.74, 6) is 0.841. The average Bonchev–Trinajstić information content (AvgIpc) is 1.96. The molecule has 2 rings (SSSR count). The molecule has 0 aromatic carbocycles. The first-order valence-corrected chi connectivity index (χ1v) is 5.45. The third kappa shape index (κ3) is 1.45. The zero-order chi connectivity index (χ0) is 10.3. The van der Waals surface area contributed by atoms with Crippen LogP contribution in [0.3, 0.4) is 0 Å². The first-order valence-electron chi connectivity index (χ1n) is 5.45. The second kappa shape index (κ2) is 3.08. The molecule has 0 saturated heterocycles. The molecule has 0 bridgehead atoms. The van der Waals surface area contributed by atoms with Gasteiger partial charge in [0.15, 0.2) is 5.78 Å². The van der Waals surface area contributed by atoms with Crippen molar-refractivity contribution in [1.29, 1.82) is 0 Å². The Bertz CT molecular complexity index is 316. The highest BCUT2D eigenvalue weighted by Crippen LogP contribution is 2.47. The Morgan fingerprint density at radius 3 is 2.57 bits per heavy atom. The van der Waals surface area contributed by atoms with Crippen LogP contribution in [0.25, 0.3) is 0 Å². The molecule has 0 heterocycles. The van der Waals surface area contributed by atoms with Crippen LogP contribution in [0.4, 0.5) is 0 Å². The second-order valence-electron chi connectivity index (χ2n) is 5.26. The molecular weight excluding hydrogens is 172 g/mol. The third-order valence-corrected chi connectivity index (χ3v) is 3.62. The molecule has 2 aliphatic carbocycles. The molecule has 0 aliphatic heterocycles. The summed E-state index contributed by atoms with van der Waals surface area (Å²) in [5.41, 5.74) is 2.31. The van der Waals surface area contributed by atoms with Crippen LogP contribution in [0.2, 0.25) is 0 Å². The van der Waals surface area contributed by atoms with Gasteiger partial charge in [-0.3, -0.25) is 4.79 Å². The maximum absolute atomic E-state index is 11.6. The van der Waals surface area contributed by atoms with E-state index < -0.39 is 0 Å². The fraction of sp³-hybridized carbons (Fsp3) is 0.615. The molecule has 1 saturated carbocycles. The molecule has 0 spiro atoms. The minimum absolute atomic E-state index is 0.159. The van der Waals surface area contributed by atoms with Gasteiger partial charge >= 0.3 is 0 Å².